The average molecular weight is 927 g/mol. The second-order valence-electron chi connectivity index (χ2n) is 21.0. The van der Waals surface area contributed by atoms with Crippen molar-refractivity contribution in [3.8, 4) is 0 Å². The molecule has 0 spiro atoms. The maximum absolute atomic E-state index is 10.1. The fourth-order valence-electron chi connectivity index (χ4n) is 14.4. The zero-order chi connectivity index (χ0) is 49.3. The van der Waals surface area contributed by atoms with Crippen LogP contribution >= 0.6 is 0 Å². The Morgan fingerprint density at radius 1 is 0.538 bits per heavy atom. The number of hydrogen-bond acceptors (Lipinski definition) is 13. The van der Waals surface area contributed by atoms with Crippen LogP contribution in [0.5, 0.6) is 0 Å². The lowest BCUT2D eigenvalue weighted by Gasteiger charge is -2.31. The number of ether oxygens (including phenoxy) is 10. The van der Waals surface area contributed by atoms with Gasteiger partial charge in [-0.3, -0.25) is 4.79 Å². The molecule has 13 nitrogen and oxygen atoms in total. The Hall–Kier alpha value is -1.51. The molecule has 0 unspecified atom stereocenters. The first kappa shape index (κ1) is 48.5. The average Bonchev–Trinajstić information content (AvgIpc) is 4.10. The van der Waals surface area contributed by atoms with Crippen molar-refractivity contribution in [1.82, 2.24) is 0 Å². The number of fused-ring (bicyclic) bond motifs is 9. The van der Waals surface area contributed by atoms with E-state index in [1.165, 1.54) is 109 Å². The van der Waals surface area contributed by atoms with Crippen LogP contribution in [0.1, 0.15) is 184 Å². The molecule has 13 heteroatoms. The van der Waals surface area contributed by atoms with E-state index in [9.17, 15) is 4.79 Å². The number of carbonyl (C=O) groups is 1. The van der Waals surface area contributed by atoms with Crippen LogP contribution in [0.4, 0.5) is 0 Å². The van der Waals surface area contributed by atoms with Gasteiger partial charge < -0.3 is 47.4 Å². The molecule has 9 fully saturated rings. The van der Waals surface area contributed by atoms with Crippen molar-refractivity contribution < 1.29 is 65.9 Å². The van der Waals surface area contributed by atoms with Crippen molar-refractivity contribution in [2.45, 2.75) is 232 Å². The van der Waals surface area contributed by atoms with Crippen LogP contribution in [0.3, 0.4) is 0 Å². The molecule has 0 aromatic heterocycles. The summed E-state index contributed by atoms with van der Waals surface area (Å²) in [6.07, 6.45) is 31.7. The Labute approximate surface area is 395 Å². The fraction of sp³-hybridized carbons (Fsp3) is 0.962. The van der Waals surface area contributed by atoms with Gasteiger partial charge >= 0.3 is 6.15 Å². The summed E-state index contributed by atoms with van der Waals surface area (Å²) in [5.74, 6) is 0.588. The van der Waals surface area contributed by atoms with Gasteiger partial charge in [0.05, 0.1) is 47.3 Å². The molecule has 0 radical (unpaired) electrons. The van der Waals surface area contributed by atoms with Gasteiger partial charge in [-0.1, -0.05) is 103 Å². The summed E-state index contributed by atoms with van der Waals surface area (Å²) < 4.78 is 80.5. The lowest BCUT2D eigenvalue weighted by molar-refractivity contribution is -0.191. The van der Waals surface area contributed by atoms with Crippen LogP contribution < -0.4 is 0 Å². The maximum atomic E-state index is 10.1. The standard InChI is InChI=1S/C28H50O5.C13H22O3.C10H16O3.CO2/c1-30-27-19-21-33-25(27)28(31-2)23-26(28,22-27)18-16-14-12-10-8-6-4-3-5-7-9-11-13-15-17-20-32-24-29;1-4-5-11-8-12(14-2)6-7-16-10(12)13(11,9-11)15-3;1-11-9-3-4-13-8(9)10(12-2)6-7(10)5-9;2-1-3/h24-25H,3-23H2,1-2H3;10H,4-9H2,1-3H3;7-8H,3-6H2,1-2H3;/t25-,26+,27+,28-;10-,11+,12+,13-;7-,8+,9-,10-;/m001./s1/i21T;7T;4T;/t21-,25-,26+,27+,28-;7-,10-,11+,12+,13-;4-,7+,8-,9+,10+;/m000.. The normalized spacial score (nSPS) is 45.2. The minimum Gasteiger partial charge on any atom is -0.468 e. The highest BCUT2D eigenvalue weighted by Crippen LogP contribution is 2.77. The van der Waals surface area contributed by atoms with Crippen molar-refractivity contribution in [3.05, 3.63) is 0 Å². The zero-order valence-corrected chi connectivity index (χ0v) is 41.2. The molecule has 9 aliphatic rings. The summed E-state index contributed by atoms with van der Waals surface area (Å²) >= 11 is 0. The SMILES string of the molecule is O=C=O.[3H][C@H]1C[C@@]2(OC)C[C@@H]3C[C@]3(OC)[C@H]2O1.[3H][C@H]1C[C@@]2(OC)C[C@]3(CCC)C[C@]3(OC)[C@H]2O1.[3H][C@H]1C[C@@]2(OC)C[C@]3(CCCCCCCCCCCCCCCCCOC=O)C[C@]3(OC)[C@H]2O1. The van der Waals surface area contributed by atoms with Gasteiger partial charge in [0.25, 0.3) is 6.47 Å². The summed E-state index contributed by atoms with van der Waals surface area (Å²) in [5, 5.41) is 0. The Morgan fingerprint density at radius 2 is 0.954 bits per heavy atom. The monoisotopic (exact) mass is 927 g/mol. The summed E-state index contributed by atoms with van der Waals surface area (Å²) in [6, 6.07) is 0. The van der Waals surface area contributed by atoms with E-state index in [1.807, 2.05) is 7.11 Å². The molecule has 3 aliphatic heterocycles. The first-order chi connectivity index (χ1) is 32.7. The van der Waals surface area contributed by atoms with Crippen LogP contribution in [-0.4, -0.2) is 134 Å². The molecule has 0 N–H and O–H groups in total. The minimum absolute atomic E-state index is 0.0162. The quantitative estimate of drug-likeness (QED) is 0.0571. The van der Waals surface area contributed by atoms with E-state index in [0.717, 1.165) is 44.9 Å². The predicted molar refractivity (Wildman–Crippen MR) is 243 cm³/mol. The second-order valence-corrected chi connectivity index (χ2v) is 21.0. The smallest absolute Gasteiger partial charge is 0.373 e. The van der Waals surface area contributed by atoms with Crippen molar-refractivity contribution in [2.75, 3.05) is 69.0 Å². The van der Waals surface area contributed by atoms with Gasteiger partial charge in [-0.05, 0) is 63.7 Å². The van der Waals surface area contributed by atoms with Crippen LogP contribution in [0.25, 0.3) is 0 Å². The van der Waals surface area contributed by atoms with Crippen molar-refractivity contribution in [3.63, 3.8) is 0 Å². The van der Waals surface area contributed by atoms with Gasteiger partial charge in [-0.25, -0.2) is 0 Å². The summed E-state index contributed by atoms with van der Waals surface area (Å²) in [4.78, 5) is 26.3. The van der Waals surface area contributed by atoms with E-state index in [1.54, 1.807) is 35.5 Å². The first-order valence-corrected chi connectivity index (χ1v) is 25.3. The number of hydrogen-bond donors (Lipinski definition) is 0. The highest BCUT2D eigenvalue weighted by molar-refractivity contribution is 5.37. The highest BCUT2D eigenvalue weighted by Gasteiger charge is 2.84. The zero-order valence-electron chi connectivity index (χ0n) is 44.2. The van der Waals surface area contributed by atoms with Crippen LogP contribution in [-0.2, 0) is 61.8 Å². The molecular weight excluding hydrogens is 833 g/mol. The van der Waals surface area contributed by atoms with Crippen molar-refractivity contribution in [1.29, 1.82) is 0 Å². The van der Waals surface area contributed by atoms with Gasteiger partial charge in [0.1, 0.15) is 35.1 Å². The molecule has 0 aromatic carbocycles. The maximum Gasteiger partial charge on any atom is 0.373 e. The van der Waals surface area contributed by atoms with E-state index in [2.05, 4.69) is 6.92 Å². The third kappa shape index (κ3) is 10.1. The highest BCUT2D eigenvalue weighted by atomic mass is 16.6. The number of methoxy groups -OCH3 is 6. The molecule has 9 rings (SSSR count). The summed E-state index contributed by atoms with van der Waals surface area (Å²) in [7, 11) is 10.6. The van der Waals surface area contributed by atoms with Gasteiger partial charge in [-0.15, -0.1) is 0 Å². The van der Waals surface area contributed by atoms with Gasteiger partial charge in [0.2, 0.25) is 0 Å². The first-order valence-electron chi connectivity index (χ1n) is 27.1. The second kappa shape index (κ2) is 22.9. The lowest BCUT2D eigenvalue weighted by Crippen LogP contribution is -2.44. The van der Waals surface area contributed by atoms with Crippen molar-refractivity contribution >= 4 is 12.6 Å². The molecule has 65 heavy (non-hydrogen) atoms. The topological polar surface area (TPSA) is 144 Å². The number of unbranched alkanes of at least 4 members (excludes halogenated alkanes) is 14. The van der Waals surface area contributed by atoms with Crippen LogP contribution in [0, 0.1) is 16.7 Å². The van der Waals surface area contributed by atoms with E-state index in [4.69, 9.17) is 61.1 Å². The minimum atomic E-state index is -0.470. The lowest BCUT2D eigenvalue weighted by atomic mass is 9.87. The Bertz CT molecular complexity index is 1640. The molecule has 15 atom stereocenters. The molecular formula is C52H88O13. The van der Waals surface area contributed by atoms with E-state index in [-0.39, 0.29) is 68.9 Å². The van der Waals surface area contributed by atoms with E-state index < -0.39 is 19.7 Å². The molecule has 0 aromatic rings. The largest absolute Gasteiger partial charge is 0.468 e. The van der Waals surface area contributed by atoms with Crippen molar-refractivity contribution in [2.24, 2.45) is 16.7 Å². The summed E-state index contributed by atoms with van der Waals surface area (Å²) in [6.45, 7) is 1.98. The Kier molecular flexibility index (Phi) is 17.1. The third-order valence-electron chi connectivity index (χ3n) is 18.0. The molecule has 6 aliphatic carbocycles. The molecule has 6 saturated carbocycles. The molecule has 0 bridgehead atoms. The fourth-order valence-corrected chi connectivity index (χ4v) is 14.4. The number of carbonyl (C=O) groups excluding carboxylic acids is 3. The summed E-state index contributed by atoms with van der Waals surface area (Å²) in [5.41, 5.74) is -0.828. The Morgan fingerprint density at radius 3 is 1.37 bits per heavy atom. The molecule has 374 valence electrons. The van der Waals surface area contributed by atoms with E-state index >= 15 is 0 Å². The Balaban J connectivity index is 0.000000183. The number of rotatable bonds is 27. The molecule has 0 amide bonds. The van der Waals surface area contributed by atoms with Gasteiger partial charge in [-0.2, -0.15) is 9.59 Å². The third-order valence-corrected chi connectivity index (χ3v) is 18.0. The van der Waals surface area contributed by atoms with Gasteiger partial charge in [0, 0.05) is 72.8 Å². The van der Waals surface area contributed by atoms with Crippen LogP contribution in [0.15, 0.2) is 0 Å². The molecule has 3 saturated heterocycles. The molecule has 3 heterocycles. The van der Waals surface area contributed by atoms with Crippen LogP contribution in [0.2, 0.25) is 0 Å². The van der Waals surface area contributed by atoms with E-state index in [0.29, 0.717) is 38.3 Å². The predicted octanol–water partition coefficient (Wildman–Crippen LogP) is 9.28. The van der Waals surface area contributed by atoms with Gasteiger partial charge in [0.15, 0.2) is 0 Å².